The van der Waals surface area contributed by atoms with Crippen molar-refractivity contribution in [1.82, 2.24) is 15.6 Å². The molecule has 0 spiro atoms. The summed E-state index contributed by atoms with van der Waals surface area (Å²) in [5, 5.41) is 65.0. The first-order valence-corrected chi connectivity index (χ1v) is 27.3. The lowest BCUT2D eigenvalue weighted by Crippen LogP contribution is -2.70. The summed E-state index contributed by atoms with van der Waals surface area (Å²) in [7, 11) is -32.5. The molecule has 17 N–H and O–H groups in total. The molecule has 0 aromatic carbocycles. The zero-order valence-corrected chi connectivity index (χ0v) is 41.4. The summed E-state index contributed by atoms with van der Waals surface area (Å²) in [6, 6.07) is -5.20. The van der Waals surface area contributed by atoms with Crippen molar-refractivity contribution in [1.29, 1.82) is 0 Å². The minimum atomic E-state index is -5.87. The molecule has 48 heteroatoms. The molecule has 4 unspecified atom stereocenters. The number of aliphatic hydroxyl groups excluding tert-OH is 4. The number of ether oxygens (including phenoxy) is 9. The van der Waals surface area contributed by atoms with E-state index in [0.29, 0.717) is 0 Å². The van der Waals surface area contributed by atoms with Crippen molar-refractivity contribution < 1.29 is 177 Å². The van der Waals surface area contributed by atoms with Gasteiger partial charge in [0.05, 0.1) is 13.2 Å². The molecule has 0 aromatic heterocycles. The minimum Gasteiger partial charge on any atom is -0.479 e. The van der Waals surface area contributed by atoms with Crippen molar-refractivity contribution >= 4 is 74.1 Å². The van der Waals surface area contributed by atoms with E-state index in [1.54, 1.807) is 0 Å². The van der Waals surface area contributed by atoms with Crippen LogP contribution >= 0.6 is 0 Å². The normalized spacial score (nSPS) is 37.9. The lowest BCUT2D eigenvalue weighted by atomic mass is 9.94. The maximum Gasteiger partial charge on any atom is 0.397 e. The second-order valence-corrected chi connectivity index (χ2v) is 21.6. The fraction of sp³-hybridized carbons (Fsp3) is 0.923. The first kappa shape index (κ1) is 65.9. The fourth-order valence-corrected chi connectivity index (χ4v) is 10.1. The molecule has 42 nitrogen and oxygen atoms in total. The van der Waals surface area contributed by atoms with Crippen LogP contribution in [0.4, 0.5) is 0 Å². The maximum absolute atomic E-state index is 12.7. The van der Waals surface area contributed by atoms with E-state index in [9.17, 15) is 118 Å². The summed E-state index contributed by atoms with van der Waals surface area (Å²) in [5.74, 6) is -4.30. The van der Waals surface area contributed by atoms with E-state index in [4.69, 9.17) is 42.6 Å². The third-order valence-corrected chi connectivity index (χ3v) is 13.0. The summed E-state index contributed by atoms with van der Waals surface area (Å²) in [5.41, 5.74) is 0. The highest BCUT2D eigenvalue weighted by Crippen LogP contribution is 2.37. The number of nitrogens with one attached hydrogen (secondary N) is 2. The van der Waals surface area contributed by atoms with Crippen LogP contribution in [-0.2, 0) is 131 Å². The predicted octanol–water partition coefficient (Wildman–Crippen LogP) is -9.99. The summed E-state index contributed by atoms with van der Waals surface area (Å²) >= 11 is 0. The fourth-order valence-electron chi connectivity index (χ4n) is 7.30. The highest BCUT2D eigenvalue weighted by Gasteiger charge is 2.59. The van der Waals surface area contributed by atoms with Crippen molar-refractivity contribution in [3.63, 3.8) is 0 Å². The number of carboxylic acid groups (broad SMARTS) is 2. The first-order chi connectivity index (χ1) is 33.1. The van der Waals surface area contributed by atoms with Crippen LogP contribution < -0.4 is 15.6 Å². The van der Waals surface area contributed by atoms with Gasteiger partial charge >= 0.3 is 74.1 Å². The Labute approximate surface area is 416 Å². The van der Waals surface area contributed by atoms with Crippen molar-refractivity contribution in [3.8, 4) is 0 Å². The van der Waals surface area contributed by atoms with Crippen molar-refractivity contribution in [2.45, 2.75) is 123 Å². The second-order valence-electron chi connectivity index (χ2n) is 15.0. The van der Waals surface area contributed by atoms with Crippen LogP contribution in [0.5, 0.6) is 0 Å². The smallest absolute Gasteiger partial charge is 0.397 e. The van der Waals surface area contributed by atoms with Gasteiger partial charge in [0, 0.05) is 14.2 Å². The van der Waals surface area contributed by atoms with Gasteiger partial charge < -0.3 is 79.4 Å². The van der Waals surface area contributed by atoms with Crippen molar-refractivity contribution in [2.75, 3.05) is 27.4 Å². The molecular formula is C26H47N3O39S6. The van der Waals surface area contributed by atoms with Gasteiger partial charge in [0.1, 0.15) is 79.2 Å². The lowest BCUT2D eigenvalue weighted by molar-refractivity contribution is -0.369. The molecule has 0 saturated carbocycles. The minimum absolute atomic E-state index is 0. The van der Waals surface area contributed by atoms with Crippen LogP contribution in [0.3, 0.4) is 0 Å². The van der Waals surface area contributed by atoms with Crippen LogP contribution in [0, 0.1) is 0 Å². The molecule has 4 saturated heterocycles. The van der Waals surface area contributed by atoms with Crippen LogP contribution in [0.15, 0.2) is 0 Å². The highest BCUT2D eigenvalue weighted by atomic mass is 32.3. The van der Waals surface area contributed by atoms with E-state index in [-0.39, 0.29) is 6.15 Å². The van der Waals surface area contributed by atoms with Gasteiger partial charge in [-0.1, -0.05) is 0 Å². The topological polar surface area (TPSA) is 661 Å². The Morgan fingerprint density at radius 3 is 1.31 bits per heavy atom. The molecule has 0 aliphatic carbocycles. The molecule has 0 amide bonds. The number of hydrogen-bond donors (Lipinski definition) is 15. The largest absolute Gasteiger partial charge is 0.479 e. The van der Waals surface area contributed by atoms with Crippen LogP contribution in [0.1, 0.15) is 0 Å². The SMILES string of the molecule is CO[C@@H]1OC(COS(=O)(=O)O)[C@H](O[C@@H]2OC(C(=O)O)[C@H](O[C@@H]3OC(COS(=O)(=O)O)[C@H](O[C@@H]4OC(C(=O)O)[C@H](OC)[C@H](O)[C@H]4OS(=O)(=O)O)[C@H](O)[C@H]3NS(=O)(=O)O)[C@H](O)[C@H]2O)[C@H](OS(=O)(=O)O)[C@H]1NS(=O)(=O)O.N. The van der Waals surface area contributed by atoms with E-state index in [1.807, 2.05) is 0 Å². The van der Waals surface area contributed by atoms with E-state index < -0.39 is 210 Å². The highest BCUT2D eigenvalue weighted by molar-refractivity contribution is 7.84. The number of methoxy groups -OCH3 is 2. The van der Waals surface area contributed by atoms with Gasteiger partial charge in [-0.25, -0.2) is 26.3 Å². The zero-order valence-electron chi connectivity index (χ0n) is 36.5. The van der Waals surface area contributed by atoms with Crippen LogP contribution in [0.2, 0.25) is 0 Å². The number of rotatable bonds is 24. The molecule has 4 rings (SSSR count). The Morgan fingerprint density at radius 1 is 0.446 bits per heavy atom. The number of carbonyl (C=O) groups is 2. The van der Waals surface area contributed by atoms with Gasteiger partial charge in [-0.05, 0) is 0 Å². The Kier molecular flexibility index (Phi) is 22.4. The van der Waals surface area contributed by atoms with Crippen molar-refractivity contribution in [2.24, 2.45) is 0 Å². The van der Waals surface area contributed by atoms with Gasteiger partial charge in [0.15, 0.2) is 43.5 Å². The lowest BCUT2D eigenvalue weighted by Gasteiger charge is -2.49. The molecule has 0 aromatic rings. The molecule has 4 heterocycles. The third kappa shape index (κ3) is 18.4. The average Bonchev–Trinajstić information content (AvgIpc) is 3.21. The van der Waals surface area contributed by atoms with E-state index >= 15 is 0 Å². The molecule has 4 aliphatic heterocycles. The number of aliphatic hydroxyl groups is 4. The molecule has 4 fully saturated rings. The van der Waals surface area contributed by atoms with Crippen LogP contribution in [-0.4, -0.2) is 271 Å². The summed E-state index contributed by atoms with van der Waals surface area (Å²) in [6.45, 7) is -3.22. The zero-order chi connectivity index (χ0) is 55.7. The summed E-state index contributed by atoms with van der Waals surface area (Å²) in [4.78, 5) is 24.8. The average molecular weight is 1220 g/mol. The monoisotopic (exact) mass is 1220 g/mol. The number of hydrogen-bond acceptors (Lipinski definition) is 32. The number of carboxylic acids is 2. The van der Waals surface area contributed by atoms with Gasteiger partial charge in [-0.2, -0.15) is 60.0 Å². The van der Waals surface area contributed by atoms with Gasteiger partial charge in [-0.3, -0.25) is 27.3 Å². The van der Waals surface area contributed by atoms with Crippen LogP contribution in [0.25, 0.3) is 0 Å². The molecule has 0 bridgehead atoms. The van der Waals surface area contributed by atoms with Crippen molar-refractivity contribution in [3.05, 3.63) is 0 Å². The molecule has 74 heavy (non-hydrogen) atoms. The van der Waals surface area contributed by atoms with E-state index in [0.717, 1.165) is 14.2 Å². The molecule has 0 radical (unpaired) electrons. The first-order valence-electron chi connectivity index (χ1n) is 19.0. The molecule has 4 aliphatic rings. The third-order valence-electron chi connectivity index (χ3n) is 10.0. The van der Waals surface area contributed by atoms with Gasteiger partial charge in [0.25, 0.3) is 0 Å². The number of aliphatic carboxylic acids is 2. The maximum atomic E-state index is 12.7. The summed E-state index contributed by atoms with van der Waals surface area (Å²) in [6.07, 6.45) is -47.4. The van der Waals surface area contributed by atoms with Gasteiger partial charge in [-0.15, -0.1) is 0 Å². The quantitative estimate of drug-likeness (QED) is 0.0399. The second kappa shape index (κ2) is 25.2. The molecule has 436 valence electrons. The predicted molar refractivity (Wildman–Crippen MR) is 216 cm³/mol. The van der Waals surface area contributed by atoms with E-state index in [2.05, 4.69) is 16.7 Å². The van der Waals surface area contributed by atoms with E-state index in [1.165, 1.54) is 9.44 Å². The Balaban J connectivity index is 0.0000144. The Morgan fingerprint density at radius 2 is 0.865 bits per heavy atom. The standard InChI is InChI=1S/C26H44N2O39S6.H3N/c1-55-16-12(32)18(67-73(52,53)54)26(65-19(16)21(33)34)61-13-5(3-57-70(43,44)45)60-24(7(9(13)29)27-68(37,38)39)63-17-10(30)11(31)25(64-20(17)22(35)36)62-14-6(4-58-71(46,47)48)59-23(56-2)8(28-69(40,41)42)15(14)66-72(49,50)51;/h5-20,23-32H,3-4H2,1-2H3,(H,33,34)(H,35,36)(H,37,38,39)(H,40,41,42)(H,43,44,45)(H,46,47,48)(H,49,50,51)(H,52,53,54);1H3/t5?,6?,7-,8-,9-,10-,11-,12+,13+,14+,15-,16-,17-,18-,19?,20?,23-,24+,25-,26-;/m1./s1. The van der Waals surface area contributed by atoms with Gasteiger partial charge in [0.2, 0.25) is 0 Å². The Bertz CT molecular complexity index is 2620. The summed E-state index contributed by atoms with van der Waals surface area (Å²) < 4.78 is 266. The molecular weight excluding hydrogens is 1170 g/mol. The Hall–Kier alpha value is -2.40. The molecule has 20 atom stereocenters.